The second-order valence-electron chi connectivity index (χ2n) is 2.44. The lowest BCUT2D eigenvalue weighted by atomic mass is 10.2. The lowest BCUT2D eigenvalue weighted by Gasteiger charge is -2.03. The molecule has 2 atom stereocenters. The quantitative estimate of drug-likeness (QED) is 0.568. The summed E-state index contributed by atoms with van der Waals surface area (Å²) in [5, 5.41) is 0.487. The third-order valence-corrected chi connectivity index (χ3v) is 2.23. The predicted octanol–water partition coefficient (Wildman–Crippen LogP) is 2.74. The molecule has 0 spiro atoms. The van der Waals surface area contributed by atoms with E-state index in [4.69, 9.17) is 0 Å². The van der Waals surface area contributed by atoms with E-state index >= 15 is 0 Å². The maximum absolute atomic E-state index is 2.75. The van der Waals surface area contributed by atoms with E-state index in [1.54, 1.807) is 0 Å². The van der Waals surface area contributed by atoms with E-state index in [2.05, 4.69) is 49.7 Å². The summed E-state index contributed by atoms with van der Waals surface area (Å²) in [7, 11) is 5.50. The standard InChI is InChI=1S/C8H12P2/c1-6-2-4-7(5-3-6)8(9)10/h2-5,8H,9-10H2,1H3. The second-order valence-corrected chi connectivity index (χ2v) is 4.64. The van der Waals surface area contributed by atoms with Crippen molar-refractivity contribution in [3.05, 3.63) is 35.4 Å². The van der Waals surface area contributed by atoms with Gasteiger partial charge in [0.1, 0.15) is 0 Å². The zero-order valence-electron chi connectivity index (χ0n) is 6.04. The van der Waals surface area contributed by atoms with Crippen molar-refractivity contribution in [3.8, 4) is 0 Å². The molecule has 0 nitrogen and oxygen atoms in total. The van der Waals surface area contributed by atoms with Crippen LogP contribution in [0.3, 0.4) is 0 Å². The van der Waals surface area contributed by atoms with Gasteiger partial charge in [0.2, 0.25) is 0 Å². The zero-order valence-corrected chi connectivity index (χ0v) is 8.35. The van der Waals surface area contributed by atoms with Gasteiger partial charge >= 0.3 is 0 Å². The summed E-state index contributed by atoms with van der Waals surface area (Å²) < 4.78 is 0. The Labute approximate surface area is 66.8 Å². The molecule has 0 bridgehead atoms. The van der Waals surface area contributed by atoms with E-state index in [0.29, 0.717) is 5.40 Å². The van der Waals surface area contributed by atoms with Crippen molar-refractivity contribution in [1.29, 1.82) is 0 Å². The van der Waals surface area contributed by atoms with Gasteiger partial charge in [-0.25, -0.2) is 0 Å². The molecule has 0 aliphatic heterocycles. The summed E-state index contributed by atoms with van der Waals surface area (Å²) in [5.41, 5.74) is 2.67. The summed E-state index contributed by atoms with van der Waals surface area (Å²) in [4.78, 5) is 0. The van der Waals surface area contributed by atoms with Crippen LogP contribution < -0.4 is 0 Å². The molecule has 1 aromatic rings. The van der Waals surface area contributed by atoms with E-state index in [1.165, 1.54) is 11.1 Å². The van der Waals surface area contributed by atoms with E-state index in [-0.39, 0.29) is 0 Å². The first-order valence-electron chi connectivity index (χ1n) is 3.28. The molecule has 54 valence electrons. The molecule has 2 unspecified atom stereocenters. The summed E-state index contributed by atoms with van der Waals surface area (Å²) in [6.45, 7) is 2.10. The minimum absolute atomic E-state index is 0.487. The van der Waals surface area contributed by atoms with Crippen LogP contribution in [0.25, 0.3) is 0 Å². The van der Waals surface area contributed by atoms with Crippen LogP contribution in [-0.2, 0) is 0 Å². The van der Waals surface area contributed by atoms with Crippen molar-refractivity contribution in [3.63, 3.8) is 0 Å². The van der Waals surface area contributed by atoms with Crippen molar-refractivity contribution in [2.45, 2.75) is 12.3 Å². The predicted molar refractivity (Wildman–Crippen MR) is 53.3 cm³/mol. The molecular weight excluding hydrogens is 158 g/mol. The molecule has 10 heavy (non-hydrogen) atoms. The van der Waals surface area contributed by atoms with Gasteiger partial charge in [0.15, 0.2) is 0 Å². The van der Waals surface area contributed by atoms with Crippen LogP contribution in [0, 0.1) is 6.92 Å². The monoisotopic (exact) mass is 170 g/mol. The molecule has 0 N–H and O–H groups in total. The normalized spacial score (nSPS) is 10.4. The van der Waals surface area contributed by atoms with Crippen LogP contribution in [0.2, 0.25) is 0 Å². The summed E-state index contributed by atoms with van der Waals surface area (Å²) in [6.07, 6.45) is 0. The third-order valence-electron chi connectivity index (χ3n) is 1.46. The Morgan fingerprint density at radius 1 is 1.10 bits per heavy atom. The fourth-order valence-corrected chi connectivity index (χ4v) is 1.23. The maximum Gasteiger partial charge on any atom is 0.0128 e. The van der Waals surface area contributed by atoms with Crippen molar-refractivity contribution < 1.29 is 0 Å². The Bertz CT molecular complexity index is 201. The van der Waals surface area contributed by atoms with Crippen LogP contribution in [0.1, 0.15) is 16.5 Å². The molecule has 0 fully saturated rings. The van der Waals surface area contributed by atoms with Gasteiger partial charge in [-0.2, -0.15) is 0 Å². The number of hydrogen-bond donors (Lipinski definition) is 0. The minimum atomic E-state index is 0.487. The number of hydrogen-bond acceptors (Lipinski definition) is 0. The highest BCUT2D eigenvalue weighted by atomic mass is 31.1. The van der Waals surface area contributed by atoms with Crippen molar-refractivity contribution in [1.82, 2.24) is 0 Å². The highest BCUT2D eigenvalue weighted by molar-refractivity contribution is 7.37. The summed E-state index contributed by atoms with van der Waals surface area (Å²) >= 11 is 0. The van der Waals surface area contributed by atoms with Gasteiger partial charge < -0.3 is 0 Å². The Hall–Kier alpha value is 0.0800. The van der Waals surface area contributed by atoms with Crippen LogP contribution in [0.15, 0.2) is 24.3 Å². The molecular formula is C8H12P2. The van der Waals surface area contributed by atoms with E-state index in [0.717, 1.165) is 0 Å². The van der Waals surface area contributed by atoms with Crippen LogP contribution >= 0.6 is 18.5 Å². The van der Waals surface area contributed by atoms with Crippen LogP contribution in [0.4, 0.5) is 0 Å². The van der Waals surface area contributed by atoms with Crippen LogP contribution in [0.5, 0.6) is 0 Å². The van der Waals surface area contributed by atoms with E-state index < -0.39 is 0 Å². The fraction of sp³-hybridized carbons (Fsp3) is 0.250. The van der Waals surface area contributed by atoms with Gasteiger partial charge in [-0.15, -0.1) is 18.5 Å². The second kappa shape index (κ2) is 3.46. The Morgan fingerprint density at radius 2 is 1.60 bits per heavy atom. The average Bonchev–Trinajstić information content (AvgIpc) is 1.88. The van der Waals surface area contributed by atoms with E-state index in [1.807, 2.05) is 0 Å². The summed E-state index contributed by atoms with van der Waals surface area (Å²) in [6, 6.07) is 8.58. The van der Waals surface area contributed by atoms with E-state index in [9.17, 15) is 0 Å². The van der Waals surface area contributed by atoms with Crippen LogP contribution in [-0.4, -0.2) is 0 Å². The largest absolute Gasteiger partial charge is 0.126 e. The molecule has 0 aliphatic rings. The number of aryl methyl sites for hydroxylation is 1. The van der Waals surface area contributed by atoms with Gasteiger partial charge in [-0.05, 0) is 12.5 Å². The topological polar surface area (TPSA) is 0 Å². The Balaban J connectivity index is 2.89. The highest BCUT2D eigenvalue weighted by Gasteiger charge is 1.95. The molecule has 1 rings (SSSR count). The van der Waals surface area contributed by atoms with Gasteiger partial charge in [-0.1, -0.05) is 29.8 Å². The smallest absolute Gasteiger partial charge is 0.0128 e. The van der Waals surface area contributed by atoms with Gasteiger partial charge in [0, 0.05) is 5.40 Å². The third kappa shape index (κ3) is 2.04. The molecule has 0 heterocycles. The molecule has 0 saturated heterocycles. The number of benzene rings is 1. The van der Waals surface area contributed by atoms with Crippen molar-refractivity contribution in [2.75, 3.05) is 0 Å². The first-order chi connectivity index (χ1) is 4.70. The minimum Gasteiger partial charge on any atom is -0.126 e. The fourth-order valence-electron chi connectivity index (χ4n) is 0.789. The first kappa shape index (κ1) is 8.18. The lowest BCUT2D eigenvalue weighted by molar-refractivity contribution is 1.35. The molecule has 0 amide bonds. The molecule has 0 aromatic heterocycles. The molecule has 0 radical (unpaired) electrons. The van der Waals surface area contributed by atoms with Gasteiger partial charge in [0.05, 0.1) is 0 Å². The average molecular weight is 170 g/mol. The molecule has 0 saturated carbocycles. The molecule has 0 aliphatic carbocycles. The molecule has 1 aromatic carbocycles. The SMILES string of the molecule is Cc1ccc(C(P)P)cc1. The Kier molecular flexibility index (Phi) is 2.83. The Morgan fingerprint density at radius 3 is 2.00 bits per heavy atom. The number of rotatable bonds is 1. The first-order valence-corrected chi connectivity index (χ1v) is 4.61. The van der Waals surface area contributed by atoms with Gasteiger partial charge in [0.25, 0.3) is 0 Å². The van der Waals surface area contributed by atoms with Gasteiger partial charge in [-0.3, -0.25) is 0 Å². The molecule has 2 heteroatoms. The highest BCUT2D eigenvalue weighted by Crippen LogP contribution is 2.29. The maximum atomic E-state index is 2.75. The lowest BCUT2D eigenvalue weighted by Crippen LogP contribution is -1.79. The zero-order chi connectivity index (χ0) is 7.56. The summed E-state index contributed by atoms with van der Waals surface area (Å²) in [5.74, 6) is 0. The van der Waals surface area contributed by atoms with Crippen molar-refractivity contribution in [2.24, 2.45) is 0 Å². The van der Waals surface area contributed by atoms with Crippen molar-refractivity contribution >= 4 is 18.5 Å².